The van der Waals surface area contributed by atoms with Crippen molar-refractivity contribution in [3.05, 3.63) is 76.0 Å². The van der Waals surface area contributed by atoms with Gasteiger partial charge in [-0.2, -0.15) is 0 Å². The van der Waals surface area contributed by atoms with Crippen LogP contribution in [-0.2, 0) is 14.1 Å². The highest BCUT2D eigenvalue weighted by Gasteiger charge is 2.10. The van der Waals surface area contributed by atoms with Gasteiger partial charge in [0.1, 0.15) is 5.82 Å². The molecule has 0 amide bonds. The van der Waals surface area contributed by atoms with E-state index in [0.29, 0.717) is 11.2 Å². The minimum absolute atomic E-state index is 0.0279. The highest BCUT2D eigenvalue weighted by atomic mass is 16.1. The zero-order valence-corrected chi connectivity index (χ0v) is 14.5. The maximum Gasteiger partial charge on any atom is 0.261 e. The average Bonchev–Trinajstić information content (AvgIpc) is 2.88. The van der Waals surface area contributed by atoms with Crippen molar-refractivity contribution < 1.29 is 0 Å². The van der Waals surface area contributed by atoms with Gasteiger partial charge >= 0.3 is 0 Å². The summed E-state index contributed by atoms with van der Waals surface area (Å²) in [5, 5.41) is 1.84. The molecule has 25 heavy (non-hydrogen) atoms. The molecular weight excluding hydrogens is 310 g/mol. The monoisotopic (exact) mass is 329 g/mol. The van der Waals surface area contributed by atoms with Gasteiger partial charge in [0.2, 0.25) is 0 Å². The van der Waals surface area contributed by atoms with Crippen LogP contribution in [0.2, 0.25) is 0 Å². The van der Waals surface area contributed by atoms with Crippen molar-refractivity contribution >= 4 is 34.0 Å². The van der Waals surface area contributed by atoms with E-state index in [1.54, 1.807) is 11.6 Å². The molecule has 0 saturated heterocycles. The lowest BCUT2D eigenvalue weighted by Gasteiger charge is -2.05. The first-order chi connectivity index (χ1) is 12.1. The predicted octanol–water partition coefficient (Wildman–Crippen LogP) is 3.90. The molecule has 4 nitrogen and oxygen atoms in total. The van der Waals surface area contributed by atoms with Gasteiger partial charge in [-0.3, -0.25) is 9.36 Å². The Balaban J connectivity index is 1.89. The van der Waals surface area contributed by atoms with Crippen LogP contribution >= 0.6 is 0 Å². The molecule has 2 aromatic carbocycles. The van der Waals surface area contributed by atoms with E-state index in [2.05, 4.69) is 35.7 Å². The molecular formula is C21H19N3O. The summed E-state index contributed by atoms with van der Waals surface area (Å²) in [7, 11) is 3.83. The quantitative estimate of drug-likeness (QED) is 0.559. The maximum atomic E-state index is 12.5. The third kappa shape index (κ3) is 2.38. The third-order valence-electron chi connectivity index (χ3n) is 4.87. The van der Waals surface area contributed by atoms with Crippen molar-refractivity contribution in [2.24, 2.45) is 14.1 Å². The second kappa shape index (κ2) is 5.74. The van der Waals surface area contributed by atoms with Crippen LogP contribution in [0.4, 0.5) is 0 Å². The number of hydrogen-bond acceptors (Lipinski definition) is 2. The second-order valence-electron chi connectivity index (χ2n) is 6.26. The Kier molecular flexibility index (Phi) is 3.53. The fourth-order valence-electron chi connectivity index (χ4n) is 3.30. The third-order valence-corrected chi connectivity index (χ3v) is 4.87. The molecule has 0 atom stereocenters. The molecule has 0 aliphatic heterocycles. The van der Waals surface area contributed by atoms with Crippen LogP contribution in [-0.4, -0.2) is 14.1 Å². The SMILES string of the molecule is Cc1c(/C=C/c2nc3ccccc3c(=O)n2C)c2ccccc2n1C. The predicted molar refractivity (Wildman–Crippen MR) is 104 cm³/mol. The average molecular weight is 329 g/mol. The lowest BCUT2D eigenvalue weighted by atomic mass is 10.1. The van der Waals surface area contributed by atoms with Gasteiger partial charge in [0.15, 0.2) is 0 Å². The molecule has 0 saturated carbocycles. The van der Waals surface area contributed by atoms with E-state index >= 15 is 0 Å². The van der Waals surface area contributed by atoms with Crippen molar-refractivity contribution in [2.45, 2.75) is 6.92 Å². The van der Waals surface area contributed by atoms with Gasteiger partial charge in [-0.05, 0) is 37.3 Å². The molecule has 124 valence electrons. The van der Waals surface area contributed by atoms with Crippen molar-refractivity contribution in [1.82, 2.24) is 14.1 Å². The normalized spacial score (nSPS) is 11.8. The van der Waals surface area contributed by atoms with Crippen molar-refractivity contribution in [1.29, 1.82) is 0 Å². The highest BCUT2D eigenvalue weighted by molar-refractivity contribution is 5.93. The molecule has 4 aromatic rings. The smallest absolute Gasteiger partial charge is 0.261 e. The number of para-hydroxylation sites is 2. The molecule has 0 radical (unpaired) electrons. The highest BCUT2D eigenvalue weighted by Crippen LogP contribution is 2.26. The number of benzene rings is 2. The summed E-state index contributed by atoms with van der Waals surface area (Å²) in [4.78, 5) is 17.2. The van der Waals surface area contributed by atoms with Crippen LogP contribution in [0.25, 0.3) is 34.0 Å². The standard InChI is InChI=1S/C21H19N3O/c1-14-15(16-8-5-7-11-19(16)23(14)2)12-13-20-22-18-10-6-4-9-17(18)21(25)24(20)3/h4-13H,1-3H3/b13-12+. The molecule has 0 unspecified atom stereocenters. The van der Waals surface area contributed by atoms with E-state index in [1.165, 1.54) is 16.6 Å². The summed E-state index contributed by atoms with van der Waals surface area (Å²) in [6, 6.07) is 15.8. The van der Waals surface area contributed by atoms with Crippen molar-refractivity contribution in [3.8, 4) is 0 Å². The van der Waals surface area contributed by atoms with Crippen LogP contribution in [0.15, 0.2) is 53.3 Å². The maximum absolute atomic E-state index is 12.5. The fraction of sp³-hybridized carbons (Fsp3) is 0.143. The molecule has 0 bridgehead atoms. The van der Waals surface area contributed by atoms with Gasteiger partial charge < -0.3 is 4.57 Å². The Morgan fingerprint density at radius 1 is 0.880 bits per heavy atom. The zero-order chi connectivity index (χ0) is 17.6. The summed E-state index contributed by atoms with van der Waals surface area (Å²) < 4.78 is 3.78. The number of aromatic nitrogens is 3. The molecule has 2 aromatic heterocycles. The van der Waals surface area contributed by atoms with Crippen LogP contribution < -0.4 is 5.56 Å². The van der Waals surface area contributed by atoms with Gasteiger partial charge in [0.05, 0.1) is 10.9 Å². The molecule has 0 spiro atoms. The Morgan fingerprint density at radius 3 is 2.36 bits per heavy atom. The number of nitrogens with zero attached hydrogens (tertiary/aromatic N) is 3. The Labute approximate surface area is 145 Å². The number of fused-ring (bicyclic) bond motifs is 2. The Morgan fingerprint density at radius 2 is 1.56 bits per heavy atom. The van der Waals surface area contributed by atoms with E-state index < -0.39 is 0 Å². The number of aryl methyl sites for hydroxylation is 1. The summed E-state index contributed by atoms with van der Waals surface area (Å²) in [6.07, 6.45) is 3.97. The number of rotatable bonds is 2. The van der Waals surface area contributed by atoms with E-state index in [1.807, 2.05) is 48.6 Å². The summed E-state index contributed by atoms with van der Waals surface area (Å²) in [6.45, 7) is 2.10. The van der Waals surface area contributed by atoms with E-state index in [4.69, 9.17) is 0 Å². The molecule has 2 heterocycles. The minimum Gasteiger partial charge on any atom is -0.347 e. The van der Waals surface area contributed by atoms with Crippen LogP contribution in [0.5, 0.6) is 0 Å². The van der Waals surface area contributed by atoms with Crippen molar-refractivity contribution in [3.63, 3.8) is 0 Å². The molecule has 4 heteroatoms. The largest absolute Gasteiger partial charge is 0.347 e. The van der Waals surface area contributed by atoms with Gasteiger partial charge in [-0.1, -0.05) is 30.3 Å². The van der Waals surface area contributed by atoms with Gasteiger partial charge in [-0.25, -0.2) is 4.98 Å². The van der Waals surface area contributed by atoms with Gasteiger partial charge in [-0.15, -0.1) is 0 Å². The first kappa shape index (κ1) is 15.4. The Hall–Kier alpha value is -3.14. The van der Waals surface area contributed by atoms with E-state index in [-0.39, 0.29) is 5.56 Å². The lowest BCUT2D eigenvalue weighted by molar-refractivity contribution is 0.828. The minimum atomic E-state index is -0.0279. The fourth-order valence-corrected chi connectivity index (χ4v) is 3.30. The van der Waals surface area contributed by atoms with Crippen LogP contribution in [0.1, 0.15) is 17.1 Å². The second-order valence-corrected chi connectivity index (χ2v) is 6.26. The van der Waals surface area contributed by atoms with Crippen LogP contribution in [0.3, 0.4) is 0 Å². The Bertz CT molecular complexity index is 1200. The summed E-state index contributed by atoms with van der Waals surface area (Å²) >= 11 is 0. The molecule has 0 N–H and O–H groups in total. The van der Waals surface area contributed by atoms with Crippen molar-refractivity contribution in [2.75, 3.05) is 0 Å². The molecule has 0 aliphatic carbocycles. The topological polar surface area (TPSA) is 39.8 Å². The first-order valence-corrected chi connectivity index (χ1v) is 8.26. The first-order valence-electron chi connectivity index (χ1n) is 8.26. The van der Waals surface area contributed by atoms with E-state index in [0.717, 1.165) is 11.1 Å². The van der Waals surface area contributed by atoms with E-state index in [9.17, 15) is 4.79 Å². The van der Waals surface area contributed by atoms with Gasteiger partial charge in [0, 0.05) is 36.3 Å². The summed E-state index contributed by atoms with van der Waals surface area (Å²) in [5.74, 6) is 0.649. The summed E-state index contributed by atoms with van der Waals surface area (Å²) in [5.41, 5.74) is 4.23. The van der Waals surface area contributed by atoms with Crippen LogP contribution in [0, 0.1) is 6.92 Å². The molecule has 4 rings (SSSR count). The molecule has 0 aliphatic rings. The lowest BCUT2D eigenvalue weighted by Crippen LogP contribution is -2.20. The van der Waals surface area contributed by atoms with Gasteiger partial charge in [0.25, 0.3) is 5.56 Å². The zero-order valence-electron chi connectivity index (χ0n) is 14.5. The molecule has 0 fully saturated rings. The number of hydrogen-bond donors (Lipinski definition) is 0.